The average molecular weight is 602 g/mol. The van der Waals surface area contributed by atoms with Crippen LogP contribution in [0.4, 0.5) is 20.6 Å². The lowest BCUT2D eigenvalue weighted by Crippen LogP contribution is -2.36. The minimum Gasteiger partial charge on any atom is -0.493 e. The second-order valence-electron chi connectivity index (χ2n) is 8.48. The van der Waals surface area contributed by atoms with E-state index in [1.807, 2.05) is 0 Å². The van der Waals surface area contributed by atoms with Crippen LogP contribution >= 0.6 is 11.8 Å². The maximum atomic E-state index is 13.1. The van der Waals surface area contributed by atoms with Crippen LogP contribution in [0.1, 0.15) is 11.1 Å². The van der Waals surface area contributed by atoms with Gasteiger partial charge in [0.25, 0.3) is 16.8 Å². The van der Waals surface area contributed by atoms with Crippen molar-refractivity contribution < 1.29 is 41.0 Å². The summed E-state index contributed by atoms with van der Waals surface area (Å²) in [6, 6.07) is 12.3. The van der Waals surface area contributed by atoms with E-state index in [1.165, 1.54) is 62.6 Å². The van der Waals surface area contributed by atoms with Crippen molar-refractivity contribution in [3.05, 3.63) is 92.6 Å². The number of nitrogens with zero attached hydrogens (tertiary/aromatic N) is 2. The fourth-order valence-corrected chi connectivity index (χ4v) is 5.41. The molecule has 212 valence electrons. The molecule has 1 N–H and O–H groups in total. The summed E-state index contributed by atoms with van der Waals surface area (Å²) in [7, 11) is -3.23. The number of hydrogen-bond donors (Lipinski definition) is 1. The molecule has 4 rings (SSSR count). The van der Waals surface area contributed by atoms with Crippen molar-refractivity contribution >= 4 is 56.4 Å². The van der Waals surface area contributed by atoms with Gasteiger partial charge in [-0.05, 0) is 72.8 Å². The highest BCUT2D eigenvalue weighted by atomic mass is 32.2. The van der Waals surface area contributed by atoms with Gasteiger partial charge in [0.2, 0.25) is 5.91 Å². The number of aryl methyl sites for hydroxylation is 1. The molecule has 0 saturated carbocycles. The average Bonchev–Trinajstić information content (AvgIpc) is 3.17. The Bertz CT molecular complexity index is 1710. The Morgan fingerprint density at radius 1 is 1.10 bits per heavy atom. The van der Waals surface area contributed by atoms with Crippen LogP contribution < -0.4 is 14.2 Å². The van der Waals surface area contributed by atoms with Gasteiger partial charge in [-0.15, -0.1) is 0 Å². The smallest absolute Gasteiger partial charge is 0.339 e. The number of halogens is 1. The van der Waals surface area contributed by atoms with E-state index in [-0.39, 0.29) is 33.3 Å². The van der Waals surface area contributed by atoms with Crippen LogP contribution in [-0.4, -0.2) is 48.9 Å². The third kappa shape index (κ3) is 6.70. The molecule has 0 spiro atoms. The van der Waals surface area contributed by atoms with Gasteiger partial charge in [0, 0.05) is 17.3 Å². The monoisotopic (exact) mass is 601 g/mol. The summed E-state index contributed by atoms with van der Waals surface area (Å²) < 4.78 is 49.1. The number of hydrogen-bond acceptors (Lipinski definition) is 10. The molecule has 1 heterocycles. The highest BCUT2D eigenvalue weighted by Crippen LogP contribution is 2.36. The van der Waals surface area contributed by atoms with Crippen molar-refractivity contribution in [1.82, 2.24) is 4.90 Å². The lowest BCUT2D eigenvalue weighted by atomic mass is 10.2. The Morgan fingerprint density at radius 2 is 1.80 bits per heavy atom. The second kappa shape index (κ2) is 11.8. The molecule has 0 aromatic heterocycles. The van der Waals surface area contributed by atoms with Gasteiger partial charge in [0.1, 0.15) is 17.3 Å². The molecule has 41 heavy (non-hydrogen) atoms. The Balaban J connectivity index is 1.50. The molecule has 0 unspecified atom stereocenters. The second-order valence-corrected chi connectivity index (χ2v) is 11.0. The molecular formula is C26H20FN3O9S2. The lowest BCUT2D eigenvalue weighted by molar-refractivity contribution is -0.385. The van der Waals surface area contributed by atoms with Crippen molar-refractivity contribution in [3.8, 4) is 11.5 Å². The summed E-state index contributed by atoms with van der Waals surface area (Å²) in [6.45, 7) is 0.902. The topological polar surface area (TPSA) is 162 Å². The third-order valence-corrected chi connectivity index (χ3v) is 7.79. The molecule has 0 radical (unpaired) electrons. The molecule has 3 aromatic rings. The first-order valence-electron chi connectivity index (χ1n) is 11.6. The zero-order valence-electron chi connectivity index (χ0n) is 21.3. The first-order valence-corrected chi connectivity index (χ1v) is 13.8. The molecule has 15 heteroatoms. The predicted molar refractivity (Wildman–Crippen MR) is 146 cm³/mol. The summed E-state index contributed by atoms with van der Waals surface area (Å²) in [5, 5.41) is 13.0. The molecule has 1 aliphatic heterocycles. The molecule has 0 bridgehead atoms. The Kier molecular flexibility index (Phi) is 8.39. The van der Waals surface area contributed by atoms with E-state index in [0.717, 1.165) is 23.1 Å². The molecule has 1 fully saturated rings. The van der Waals surface area contributed by atoms with Crippen molar-refractivity contribution in [1.29, 1.82) is 0 Å². The molecule has 0 aliphatic carbocycles. The number of amides is 3. The van der Waals surface area contributed by atoms with Gasteiger partial charge in [0.05, 0.1) is 16.9 Å². The van der Waals surface area contributed by atoms with Crippen LogP contribution in [0.3, 0.4) is 0 Å². The zero-order chi connectivity index (χ0) is 29.9. The SMILES string of the molecule is COc1cc(/C=C2\SC(=O)N(CC(=O)Nc3ccc(F)cc3)C2=O)ccc1OS(=O)(=O)c1ccc(C)c([N+](=O)[O-])c1. The zero-order valence-corrected chi connectivity index (χ0v) is 23.0. The summed E-state index contributed by atoms with van der Waals surface area (Å²) in [6.07, 6.45) is 1.35. The van der Waals surface area contributed by atoms with Crippen LogP contribution in [0.2, 0.25) is 0 Å². The maximum absolute atomic E-state index is 13.1. The normalized spacial score (nSPS) is 14.3. The van der Waals surface area contributed by atoms with Gasteiger partial charge in [-0.25, -0.2) is 4.39 Å². The lowest BCUT2D eigenvalue weighted by Gasteiger charge is -2.12. The van der Waals surface area contributed by atoms with E-state index >= 15 is 0 Å². The fraction of sp³-hybridized carbons (Fsp3) is 0.115. The minimum atomic E-state index is -4.48. The number of benzene rings is 3. The molecular weight excluding hydrogens is 581 g/mol. The fourth-order valence-electron chi connectivity index (χ4n) is 3.62. The number of thioether (sulfide) groups is 1. The Hall–Kier alpha value is -4.76. The van der Waals surface area contributed by atoms with Crippen molar-refractivity contribution in [3.63, 3.8) is 0 Å². The van der Waals surface area contributed by atoms with Crippen molar-refractivity contribution in [2.75, 3.05) is 19.0 Å². The summed E-state index contributed by atoms with van der Waals surface area (Å²) >= 11 is 0.603. The van der Waals surface area contributed by atoms with E-state index in [4.69, 9.17) is 8.92 Å². The number of carbonyl (C=O) groups excluding carboxylic acids is 3. The number of imide groups is 1. The van der Waals surface area contributed by atoms with Crippen molar-refractivity contribution in [2.24, 2.45) is 0 Å². The van der Waals surface area contributed by atoms with Gasteiger partial charge in [0.15, 0.2) is 11.5 Å². The van der Waals surface area contributed by atoms with E-state index in [0.29, 0.717) is 17.3 Å². The van der Waals surface area contributed by atoms with Gasteiger partial charge in [-0.3, -0.25) is 29.4 Å². The first kappa shape index (κ1) is 29.2. The summed E-state index contributed by atoms with van der Waals surface area (Å²) in [4.78, 5) is 48.4. The molecule has 0 atom stereocenters. The van der Waals surface area contributed by atoms with E-state index in [1.54, 1.807) is 0 Å². The number of carbonyl (C=O) groups is 3. The van der Waals surface area contributed by atoms with Crippen LogP contribution in [0.25, 0.3) is 6.08 Å². The van der Waals surface area contributed by atoms with Crippen molar-refractivity contribution in [2.45, 2.75) is 11.8 Å². The minimum absolute atomic E-state index is 0.000102. The highest BCUT2D eigenvalue weighted by molar-refractivity contribution is 8.18. The molecule has 12 nitrogen and oxygen atoms in total. The highest BCUT2D eigenvalue weighted by Gasteiger charge is 2.36. The van der Waals surface area contributed by atoms with Gasteiger partial charge >= 0.3 is 10.1 Å². The largest absolute Gasteiger partial charge is 0.493 e. The maximum Gasteiger partial charge on any atom is 0.339 e. The molecule has 3 amide bonds. The standard InChI is InChI=1S/C26H20FN3O9S2/c1-15-3-9-19(13-20(15)30(34)35)41(36,37)39-21-10-4-16(11-22(21)38-2)12-23-25(32)29(26(33)40-23)14-24(31)28-18-7-5-17(27)6-8-18/h3-13H,14H2,1-2H3,(H,28,31)/b23-12-. The van der Waals surface area contributed by atoms with Gasteiger partial charge in [-0.2, -0.15) is 8.42 Å². The van der Waals surface area contributed by atoms with Crippen LogP contribution in [0, 0.1) is 22.9 Å². The number of anilines is 1. The predicted octanol–water partition coefficient (Wildman–Crippen LogP) is 4.49. The van der Waals surface area contributed by atoms with Gasteiger partial charge in [-0.1, -0.05) is 12.1 Å². The number of ether oxygens (including phenoxy) is 1. The molecule has 1 aliphatic rings. The van der Waals surface area contributed by atoms with Crippen LogP contribution in [0.15, 0.2) is 70.5 Å². The van der Waals surface area contributed by atoms with E-state index in [2.05, 4.69) is 5.32 Å². The molecule has 3 aromatic carbocycles. The number of nitro benzene ring substituents is 1. The number of nitrogens with one attached hydrogen (secondary N) is 1. The number of rotatable bonds is 9. The van der Waals surface area contributed by atoms with Crippen LogP contribution in [0.5, 0.6) is 11.5 Å². The Labute approximate surface area is 237 Å². The summed E-state index contributed by atoms with van der Waals surface area (Å²) in [5.74, 6) is -2.14. The van der Waals surface area contributed by atoms with E-state index in [9.17, 15) is 37.3 Å². The first-order chi connectivity index (χ1) is 19.4. The third-order valence-electron chi connectivity index (χ3n) is 5.65. The van der Waals surface area contributed by atoms with E-state index < -0.39 is 49.4 Å². The Morgan fingerprint density at radius 3 is 2.46 bits per heavy atom. The van der Waals surface area contributed by atoms with Crippen LogP contribution in [-0.2, 0) is 19.7 Å². The number of nitro groups is 1. The number of methoxy groups -OCH3 is 1. The summed E-state index contributed by atoms with van der Waals surface area (Å²) in [5.41, 5.74) is 0.516. The quantitative estimate of drug-likeness (QED) is 0.160. The van der Waals surface area contributed by atoms with Gasteiger partial charge < -0.3 is 14.2 Å². The molecule has 1 saturated heterocycles.